The summed E-state index contributed by atoms with van der Waals surface area (Å²) in [6.07, 6.45) is 6.72. The molecule has 0 bridgehead atoms. The first-order valence-electron chi connectivity index (χ1n) is 6.22. The van der Waals surface area contributed by atoms with E-state index in [2.05, 4.69) is 27.2 Å². The lowest BCUT2D eigenvalue weighted by Crippen LogP contribution is -2.25. The largest absolute Gasteiger partial charge is 0.493 e. The van der Waals surface area contributed by atoms with E-state index < -0.39 is 11.9 Å². The SMILES string of the molecule is C#CCOc1cc(Br)c(/C=C2/NC(=O)N(C)C2=O)cc1OC. The molecule has 1 aromatic carbocycles. The molecule has 1 heterocycles. The second-order valence-electron chi connectivity index (χ2n) is 4.37. The maximum atomic E-state index is 11.9. The minimum Gasteiger partial charge on any atom is -0.493 e. The molecule has 3 amide bonds. The number of amides is 3. The highest BCUT2D eigenvalue weighted by atomic mass is 79.9. The van der Waals surface area contributed by atoms with Gasteiger partial charge >= 0.3 is 6.03 Å². The number of ether oxygens (including phenoxy) is 2. The van der Waals surface area contributed by atoms with Gasteiger partial charge in [0.2, 0.25) is 0 Å². The van der Waals surface area contributed by atoms with Gasteiger partial charge in [-0.05, 0) is 23.8 Å². The lowest BCUT2D eigenvalue weighted by molar-refractivity contribution is -0.121. The first-order chi connectivity index (χ1) is 10.5. The first-order valence-corrected chi connectivity index (χ1v) is 7.01. The van der Waals surface area contributed by atoms with E-state index in [0.29, 0.717) is 21.5 Å². The lowest BCUT2D eigenvalue weighted by Gasteiger charge is -2.11. The molecule has 0 radical (unpaired) electrons. The molecule has 6 nitrogen and oxygen atoms in total. The molecule has 1 aliphatic heterocycles. The van der Waals surface area contributed by atoms with Gasteiger partial charge < -0.3 is 14.8 Å². The zero-order chi connectivity index (χ0) is 16.3. The van der Waals surface area contributed by atoms with E-state index in [4.69, 9.17) is 15.9 Å². The van der Waals surface area contributed by atoms with Gasteiger partial charge in [0.1, 0.15) is 12.3 Å². The van der Waals surface area contributed by atoms with E-state index in [-0.39, 0.29) is 12.3 Å². The van der Waals surface area contributed by atoms with Gasteiger partial charge in [-0.25, -0.2) is 4.79 Å². The van der Waals surface area contributed by atoms with Crippen LogP contribution in [-0.4, -0.2) is 37.6 Å². The molecule has 22 heavy (non-hydrogen) atoms. The average molecular weight is 365 g/mol. The molecule has 1 N–H and O–H groups in total. The van der Waals surface area contributed by atoms with E-state index in [1.165, 1.54) is 14.2 Å². The lowest BCUT2D eigenvalue weighted by atomic mass is 10.1. The van der Waals surface area contributed by atoms with Gasteiger partial charge in [-0.1, -0.05) is 21.9 Å². The third-order valence-corrected chi connectivity index (χ3v) is 3.66. The third-order valence-electron chi connectivity index (χ3n) is 2.98. The highest BCUT2D eigenvalue weighted by molar-refractivity contribution is 9.10. The number of terminal acetylenes is 1. The number of imide groups is 1. The summed E-state index contributed by atoms with van der Waals surface area (Å²) in [5.74, 6) is 2.92. The van der Waals surface area contributed by atoms with Crippen LogP contribution in [-0.2, 0) is 4.79 Å². The highest BCUT2D eigenvalue weighted by Gasteiger charge is 2.30. The van der Waals surface area contributed by atoms with Crippen LogP contribution in [0.3, 0.4) is 0 Å². The molecule has 2 rings (SSSR count). The van der Waals surface area contributed by atoms with Crippen LogP contribution < -0.4 is 14.8 Å². The number of benzene rings is 1. The molecule has 0 aromatic heterocycles. The van der Waals surface area contributed by atoms with Crippen LogP contribution in [0.5, 0.6) is 11.5 Å². The minimum atomic E-state index is -0.465. The van der Waals surface area contributed by atoms with Crippen molar-refractivity contribution in [3.05, 3.63) is 27.9 Å². The van der Waals surface area contributed by atoms with Crippen LogP contribution in [0.4, 0.5) is 4.79 Å². The van der Waals surface area contributed by atoms with Gasteiger partial charge in [0.05, 0.1) is 7.11 Å². The zero-order valence-electron chi connectivity index (χ0n) is 12.0. The maximum Gasteiger partial charge on any atom is 0.328 e. The summed E-state index contributed by atoms with van der Waals surface area (Å²) in [6, 6.07) is 2.90. The van der Waals surface area contributed by atoms with E-state index >= 15 is 0 Å². The summed E-state index contributed by atoms with van der Waals surface area (Å²) in [4.78, 5) is 24.3. The Bertz CT molecular complexity index is 706. The molecule has 0 spiro atoms. The van der Waals surface area contributed by atoms with Crippen molar-refractivity contribution in [1.82, 2.24) is 10.2 Å². The number of hydrogen-bond donors (Lipinski definition) is 1. The van der Waals surface area contributed by atoms with E-state index in [1.54, 1.807) is 18.2 Å². The number of nitrogens with zero attached hydrogens (tertiary/aromatic N) is 1. The summed E-state index contributed by atoms with van der Waals surface area (Å²) in [5.41, 5.74) is 0.844. The van der Waals surface area contributed by atoms with Gasteiger partial charge in [0, 0.05) is 11.5 Å². The van der Waals surface area contributed by atoms with Gasteiger partial charge in [-0.3, -0.25) is 9.69 Å². The zero-order valence-corrected chi connectivity index (χ0v) is 13.6. The van der Waals surface area contributed by atoms with Crippen molar-refractivity contribution < 1.29 is 19.1 Å². The molecule has 1 aromatic rings. The monoisotopic (exact) mass is 364 g/mol. The molecule has 1 saturated heterocycles. The fourth-order valence-electron chi connectivity index (χ4n) is 1.83. The fourth-order valence-corrected chi connectivity index (χ4v) is 2.27. The van der Waals surface area contributed by atoms with Crippen molar-refractivity contribution in [1.29, 1.82) is 0 Å². The molecule has 1 aliphatic rings. The van der Waals surface area contributed by atoms with Crippen LogP contribution in [0.1, 0.15) is 5.56 Å². The Morgan fingerprint density at radius 1 is 1.41 bits per heavy atom. The van der Waals surface area contributed by atoms with E-state index in [1.807, 2.05) is 0 Å². The topological polar surface area (TPSA) is 67.9 Å². The molecule has 7 heteroatoms. The summed E-state index contributed by atoms with van der Waals surface area (Å²) in [6.45, 7) is 0.114. The molecule has 0 unspecified atom stereocenters. The average Bonchev–Trinajstić information content (AvgIpc) is 2.74. The van der Waals surface area contributed by atoms with Crippen LogP contribution in [0, 0.1) is 12.3 Å². The Labute approximate surface area is 136 Å². The van der Waals surface area contributed by atoms with Crippen molar-refractivity contribution in [3.63, 3.8) is 0 Å². The maximum absolute atomic E-state index is 11.9. The summed E-state index contributed by atoms with van der Waals surface area (Å²) >= 11 is 3.39. The number of rotatable bonds is 4. The molecule has 0 atom stereocenters. The predicted octanol–water partition coefficient (Wildman–Crippen LogP) is 1.99. The van der Waals surface area contributed by atoms with Gasteiger partial charge in [0.25, 0.3) is 5.91 Å². The number of halogens is 1. The Hall–Kier alpha value is -2.46. The van der Waals surface area contributed by atoms with Crippen LogP contribution in [0.2, 0.25) is 0 Å². The first kappa shape index (κ1) is 15.9. The fraction of sp³-hybridized carbons (Fsp3) is 0.200. The number of carbonyl (C=O) groups is 2. The number of urea groups is 1. The second-order valence-corrected chi connectivity index (χ2v) is 5.22. The van der Waals surface area contributed by atoms with Crippen molar-refractivity contribution in [3.8, 4) is 23.8 Å². The molecule has 0 aliphatic carbocycles. The molecular weight excluding hydrogens is 352 g/mol. The normalized spacial score (nSPS) is 15.7. The molecule has 0 saturated carbocycles. The van der Waals surface area contributed by atoms with Gasteiger partial charge in [0.15, 0.2) is 11.5 Å². The standard InChI is InChI=1S/C15H13BrN2O4/c1-4-5-22-13-8-10(16)9(7-12(13)21-3)6-11-14(19)18(2)15(20)17-11/h1,6-8H,5H2,2-3H3,(H,17,20)/b11-6+. The summed E-state index contributed by atoms with van der Waals surface area (Å²) in [7, 11) is 2.91. The number of methoxy groups -OCH3 is 1. The quantitative estimate of drug-likeness (QED) is 0.504. The minimum absolute atomic E-state index is 0.114. The summed E-state index contributed by atoms with van der Waals surface area (Å²) in [5, 5.41) is 2.49. The Morgan fingerprint density at radius 3 is 2.68 bits per heavy atom. The van der Waals surface area contributed by atoms with Crippen molar-refractivity contribution in [2.45, 2.75) is 0 Å². The van der Waals surface area contributed by atoms with Gasteiger partial charge in [-0.2, -0.15) is 0 Å². The smallest absolute Gasteiger partial charge is 0.328 e. The number of carbonyl (C=O) groups excluding carboxylic acids is 2. The molecular formula is C15H13BrN2O4. The third kappa shape index (κ3) is 3.07. The van der Waals surface area contributed by atoms with Crippen molar-refractivity contribution in [2.75, 3.05) is 20.8 Å². The predicted molar refractivity (Wildman–Crippen MR) is 84.3 cm³/mol. The van der Waals surface area contributed by atoms with Crippen molar-refractivity contribution in [2.24, 2.45) is 0 Å². The molecule has 1 fully saturated rings. The van der Waals surface area contributed by atoms with E-state index in [9.17, 15) is 9.59 Å². The summed E-state index contributed by atoms with van der Waals surface area (Å²) < 4.78 is 11.3. The number of nitrogens with one attached hydrogen (secondary N) is 1. The Kier molecular flexibility index (Phi) is 4.73. The number of likely N-dealkylation sites (N-methyl/N-ethyl adjacent to an activating group) is 1. The van der Waals surface area contributed by atoms with Gasteiger partial charge in [-0.15, -0.1) is 6.42 Å². The Balaban J connectivity index is 2.39. The number of hydrogen-bond acceptors (Lipinski definition) is 4. The second kappa shape index (κ2) is 6.54. The van der Waals surface area contributed by atoms with Crippen molar-refractivity contribution >= 4 is 33.9 Å². The Morgan fingerprint density at radius 2 is 2.14 bits per heavy atom. The van der Waals surface area contributed by atoms with Crippen LogP contribution in [0.25, 0.3) is 6.08 Å². The van der Waals surface area contributed by atoms with Crippen LogP contribution in [0.15, 0.2) is 22.3 Å². The highest BCUT2D eigenvalue weighted by Crippen LogP contribution is 2.34. The van der Waals surface area contributed by atoms with Crippen LogP contribution >= 0.6 is 15.9 Å². The molecule has 114 valence electrons. The van der Waals surface area contributed by atoms with E-state index in [0.717, 1.165) is 4.90 Å².